The Hall–Kier alpha value is -1.67. The average Bonchev–Trinajstić information content (AvgIpc) is 2.59. The van der Waals surface area contributed by atoms with Crippen molar-refractivity contribution < 1.29 is 19.4 Å². The number of hydrogen-bond donors (Lipinski definition) is 2. The molecule has 0 saturated carbocycles. The molecule has 144 valence electrons. The summed E-state index contributed by atoms with van der Waals surface area (Å²) in [4.78, 5) is 27.0. The molecule has 7 nitrogen and oxygen atoms in total. The summed E-state index contributed by atoms with van der Waals surface area (Å²) in [7, 11) is 1.75. The van der Waals surface area contributed by atoms with E-state index in [0.29, 0.717) is 37.8 Å². The Morgan fingerprint density at radius 2 is 2.19 bits per heavy atom. The minimum Gasteiger partial charge on any atom is -0.480 e. The quantitative estimate of drug-likeness (QED) is 0.698. The fraction of sp³-hybridized carbons (Fsp3) is 0.556. The number of nitrogens with zero attached hydrogens (tertiary/aromatic N) is 2. The highest BCUT2D eigenvalue weighted by Gasteiger charge is 2.28. The smallest absolute Gasteiger partial charge is 0.317 e. The number of amides is 1. The van der Waals surface area contributed by atoms with Gasteiger partial charge in [-0.15, -0.1) is 0 Å². The minimum absolute atomic E-state index is 0.0340. The number of rotatable bonds is 8. The predicted octanol–water partition coefficient (Wildman–Crippen LogP) is 1.06. The van der Waals surface area contributed by atoms with Crippen molar-refractivity contribution >= 4 is 23.5 Å². The van der Waals surface area contributed by atoms with E-state index < -0.39 is 5.97 Å². The molecule has 0 aliphatic carbocycles. The highest BCUT2D eigenvalue weighted by molar-refractivity contribution is 6.31. The van der Waals surface area contributed by atoms with Crippen molar-refractivity contribution in [2.24, 2.45) is 0 Å². The van der Waals surface area contributed by atoms with Gasteiger partial charge in [0.05, 0.1) is 25.3 Å². The normalized spacial score (nSPS) is 19.3. The summed E-state index contributed by atoms with van der Waals surface area (Å²) >= 11 is 6.11. The molecule has 2 unspecified atom stereocenters. The maximum absolute atomic E-state index is 12.5. The van der Waals surface area contributed by atoms with Crippen LogP contribution in [0.15, 0.2) is 24.3 Å². The Labute approximate surface area is 158 Å². The molecule has 0 aromatic heterocycles. The SMILES string of the molecule is CC(C(=O)NCc1ccccc1Cl)N1CCOC(CN(C)CC(=O)O)C1. The number of hydrogen-bond acceptors (Lipinski definition) is 5. The third-order valence-corrected chi connectivity index (χ3v) is 4.80. The van der Waals surface area contributed by atoms with E-state index in [1.54, 1.807) is 18.0 Å². The Morgan fingerprint density at radius 3 is 2.88 bits per heavy atom. The molecule has 1 fully saturated rings. The van der Waals surface area contributed by atoms with E-state index >= 15 is 0 Å². The highest BCUT2D eigenvalue weighted by atomic mass is 35.5. The van der Waals surface area contributed by atoms with E-state index in [2.05, 4.69) is 10.2 Å². The average molecular weight is 384 g/mol. The molecule has 8 heteroatoms. The number of morpholine rings is 1. The van der Waals surface area contributed by atoms with E-state index in [4.69, 9.17) is 21.4 Å². The molecule has 1 saturated heterocycles. The third-order valence-electron chi connectivity index (χ3n) is 4.43. The number of nitrogens with one attached hydrogen (secondary N) is 1. The second-order valence-corrected chi connectivity index (χ2v) is 6.97. The van der Waals surface area contributed by atoms with Crippen LogP contribution in [0.5, 0.6) is 0 Å². The van der Waals surface area contributed by atoms with Crippen LogP contribution in [0, 0.1) is 0 Å². The van der Waals surface area contributed by atoms with Crippen LogP contribution in [0.4, 0.5) is 0 Å². The second kappa shape index (κ2) is 9.87. The molecule has 1 aliphatic rings. The fourth-order valence-electron chi connectivity index (χ4n) is 2.99. The number of benzene rings is 1. The molecule has 26 heavy (non-hydrogen) atoms. The van der Waals surface area contributed by atoms with Gasteiger partial charge in [-0.3, -0.25) is 19.4 Å². The Balaban J connectivity index is 1.83. The van der Waals surface area contributed by atoms with E-state index in [-0.39, 0.29) is 24.6 Å². The molecule has 0 spiro atoms. The van der Waals surface area contributed by atoms with Crippen LogP contribution in [0.25, 0.3) is 0 Å². The van der Waals surface area contributed by atoms with Crippen LogP contribution < -0.4 is 5.32 Å². The van der Waals surface area contributed by atoms with Crippen molar-refractivity contribution in [1.82, 2.24) is 15.1 Å². The van der Waals surface area contributed by atoms with Gasteiger partial charge in [-0.1, -0.05) is 29.8 Å². The molecule has 1 amide bonds. The maximum atomic E-state index is 12.5. The number of carbonyl (C=O) groups is 2. The van der Waals surface area contributed by atoms with Gasteiger partial charge in [0.1, 0.15) is 0 Å². The molecule has 1 aliphatic heterocycles. The van der Waals surface area contributed by atoms with E-state index in [0.717, 1.165) is 5.56 Å². The molecule has 0 bridgehead atoms. The number of likely N-dealkylation sites (N-methyl/N-ethyl adjacent to an activating group) is 1. The van der Waals surface area contributed by atoms with Crippen molar-refractivity contribution in [2.75, 3.05) is 39.8 Å². The number of carboxylic acids is 1. The van der Waals surface area contributed by atoms with E-state index in [1.807, 2.05) is 25.1 Å². The van der Waals surface area contributed by atoms with Crippen LogP contribution in [-0.2, 0) is 20.9 Å². The van der Waals surface area contributed by atoms with Gasteiger partial charge in [-0.2, -0.15) is 0 Å². The van der Waals surface area contributed by atoms with Crippen molar-refractivity contribution in [3.63, 3.8) is 0 Å². The molecular weight excluding hydrogens is 358 g/mol. The summed E-state index contributed by atoms with van der Waals surface area (Å²) in [5.41, 5.74) is 0.880. The summed E-state index contributed by atoms with van der Waals surface area (Å²) < 4.78 is 5.71. The molecule has 1 aromatic carbocycles. The minimum atomic E-state index is -0.868. The van der Waals surface area contributed by atoms with E-state index in [9.17, 15) is 9.59 Å². The molecule has 0 radical (unpaired) electrons. The highest BCUT2D eigenvalue weighted by Crippen LogP contribution is 2.15. The van der Waals surface area contributed by atoms with Gasteiger partial charge < -0.3 is 15.2 Å². The molecule has 2 atom stereocenters. The summed E-state index contributed by atoms with van der Waals surface area (Å²) in [6, 6.07) is 7.12. The third kappa shape index (κ3) is 6.25. The van der Waals surface area contributed by atoms with Gasteiger partial charge in [0.25, 0.3) is 0 Å². The van der Waals surface area contributed by atoms with E-state index in [1.165, 1.54) is 0 Å². The van der Waals surface area contributed by atoms with Gasteiger partial charge in [-0.25, -0.2) is 0 Å². The zero-order valence-corrected chi connectivity index (χ0v) is 15.9. The molecular formula is C18H26ClN3O4. The van der Waals surface area contributed by atoms with Crippen molar-refractivity contribution in [3.8, 4) is 0 Å². The van der Waals surface area contributed by atoms with Gasteiger partial charge in [0.2, 0.25) is 5.91 Å². The molecule has 2 rings (SSSR count). The van der Waals surface area contributed by atoms with Crippen LogP contribution >= 0.6 is 11.6 Å². The van der Waals surface area contributed by atoms with Crippen molar-refractivity contribution in [2.45, 2.75) is 25.6 Å². The topological polar surface area (TPSA) is 82.1 Å². The first-order valence-corrected chi connectivity index (χ1v) is 9.01. The lowest BCUT2D eigenvalue weighted by Crippen LogP contribution is -2.54. The van der Waals surface area contributed by atoms with Gasteiger partial charge >= 0.3 is 5.97 Å². The first kappa shape index (κ1) is 20.6. The van der Waals surface area contributed by atoms with Crippen LogP contribution in [0.2, 0.25) is 5.02 Å². The second-order valence-electron chi connectivity index (χ2n) is 6.56. The summed E-state index contributed by atoms with van der Waals surface area (Å²) in [5, 5.41) is 12.4. The Morgan fingerprint density at radius 1 is 1.46 bits per heavy atom. The van der Waals surface area contributed by atoms with Crippen LogP contribution in [0.1, 0.15) is 12.5 Å². The Bertz CT molecular complexity index is 628. The van der Waals surface area contributed by atoms with Crippen LogP contribution in [-0.4, -0.2) is 78.8 Å². The lowest BCUT2D eigenvalue weighted by molar-refractivity contribution is -0.138. The van der Waals surface area contributed by atoms with Gasteiger partial charge in [0, 0.05) is 31.2 Å². The number of carbonyl (C=O) groups excluding carboxylic acids is 1. The Kier molecular flexibility index (Phi) is 7.84. The monoisotopic (exact) mass is 383 g/mol. The van der Waals surface area contributed by atoms with Crippen molar-refractivity contribution in [1.29, 1.82) is 0 Å². The number of carboxylic acid groups (broad SMARTS) is 1. The van der Waals surface area contributed by atoms with Gasteiger partial charge in [-0.05, 0) is 25.6 Å². The van der Waals surface area contributed by atoms with Gasteiger partial charge in [0.15, 0.2) is 0 Å². The zero-order valence-electron chi connectivity index (χ0n) is 15.2. The molecule has 2 N–H and O–H groups in total. The fourth-order valence-corrected chi connectivity index (χ4v) is 3.19. The zero-order chi connectivity index (χ0) is 19.1. The summed E-state index contributed by atoms with van der Waals surface area (Å²) in [6.07, 6.45) is -0.119. The predicted molar refractivity (Wildman–Crippen MR) is 99.2 cm³/mol. The summed E-state index contributed by atoms with van der Waals surface area (Å²) in [6.45, 7) is 4.51. The number of halogens is 1. The molecule has 1 heterocycles. The molecule has 1 aromatic rings. The standard InChI is InChI=1S/C18H26ClN3O4/c1-13(18(25)20-9-14-5-3-4-6-16(14)19)22-7-8-26-15(11-22)10-21(2)12-17(23)24/h3-6,13,15H,7-12H2,1-2H3,(H,20,25)(H,23,24). The largest absolute Gasteiger partial charge is 0.480 e. The maximum Gasteiger partial charge on any atom is 0.317 e. The lowest BCUT2D eigenvalue weighted by atomic mass is 10.1. The number of aliphatic carboxylic acids is 1. The summed E-state index contributed by atoms with van der Waals surface area (Å²) in [5.74, 6) is -0.933. The van der Waals surface area contributed by atoms with Crippen molar-refractivity contribution in [3.05, 3.63) is 34.9 Å². The number of ether oxygens (including phenoxy) is 1. The first-order valence-electron chi connectivity index (χ1n) is 8.64. The first-order chi connectivity index (χ1) is 12.4. The lowest BCUT2D eigenvalue weighted by Gasteiger charge is -2.37. The van der Waals surface area contributed by atoms with Crippen LogP contribution in [0.3, 0.4) is 0 Å².